The van der Waals surface area contributed by atoms with Gasteiger partial charge in [0.05, 0.1) is 6.20 Å². The number of nitrogens with zero attached hydrogens (tertiary/aromatic N) is 2. The summed E-state index contributed by atoms with van der Waals surface area (Å²) >= 11 is 0. The van der Waals surface area contributed by atoms with E-state index in [1.54, 1.807) is 10.9 Å². The molecular weight excluding hydrogens is 178 g/mol. The van der Waals surface area contributed by atoms with E-state index in [9.17, 15) is 4.79 Å². The third-order valence-corrected chi connectivity index (χ3v) is 2.29. The third kappa shape index (κ3) is 2.58. The molecule has 0 fully saturated rings. The Bertz CT molecular complexity index is 317. The fourth-order valence-electron chi connectivity index (χ4n) is 1.23. The lowest BCUT2D eigenvalue weighted by molar-refractivity contribution is -0.121. The molecule has 1 rings (SSSR count). The van der Waals surface area contributed by atoms with Gasteiger partial charge in [0.15, 0.2) is 0 Å². The molecule has 0 unspecified atom stereocenters. The summed E-state index contributed by atoms with van der Waals surface area (Å²) in [5, 5.41) is 6.97. The summed E-state index contributed by atoms with van der Waals surface area (Å²) < 4.78 is 1.81. The molecule has 78 valence electrons. The second kappa shape index (κ2) is 4.79. The molecule has 1 amide bonds. The van der Waals surface area contributed by atoms with Gasteiger partial charge >= 0.3 is 0 Å². The van der Waals surface area contributed by atoms with Crippen LogP contribution in [0.15, 0.2) is 6.20 Å². The number of carbonyl (C=O) groups is 1. The van der Waals surface area contributed by atoms with Crippen molar-refractivity contribution in [2.45, 2.75) is 33.2 Å². The van der Waals surface area contributed by atoms with Crippen LogP contribution in [0.2, 0.25) is 0 Å². The van der Waals surface area contributed by atoms with Crippen LogP contribution in [0.5, 0.6) is 0 Å². The fraction of sp³-hybridized carbons (Fsp3) is 0.600. The third-order valence-electron chi connectivity index (χ3n) is 2.29. The first kappa shape index (κ1) is 10.8. The minimum Gasteiger partial charge on any atom is -0.352 e. The zero-order chi connectivity index (χ0) is 10.6. The largest absolute Gasteiger partial charge is 0.352 e. The average Bonchev–Trinajstić information content (AvgIpc) is 2.46. The molecule has 0 atom stereocenters. The quantitative estimate of drug-likeness (QED) is 0.783. The van der Waals surface area contributed by atoms with Gasteiger partial charge in [-0.3, -0.25) is 9.48 Å². The molecule has 1 N–H and O–H groups in total. The van der Waals surface area contributed by atoms with Crippen molar-refractivity contribution in [1.29, 1.82) is 0 Å². The number of nitrogens with one attached hydrogen (secondary N) is 1. The Labute approximate surface area is 84.3 Å². The Morgan fingerprint density at radius 1 is 1.64 bits per heavy atom. The minimum absolute atomic E-state index is 0.107. The van der Waals surface area contributed by atoms with Crippen LogP contribution >= 0.6 is 0 Å². The van der Waals surface area contributed by atoms with Gasteiger partial charge < -0.3 is 5.32 Å². The Morgan fingerprint density at radius 2 is 2.36 bits per heavy atom. The Kier molecular flexibility index (Phi) is 3.68. The molecule has 0 saturated carbocycles. The van der Waals surface area contributed by atoms with Crippen LogP contribution in [0, 0.1) is 6.92 Å². The highest BCUT2D eigenvalue weighted by Gasteiger charge is 2.04. The molecule has 0 aliphatic heterocycles. The van der Waals surface area contributed by atoms with E-state index in [0.717, 1.165) is 17.7 Å². The first-order valence-electron chi connectivity index (χ1n) is 4.89. The predicted octanol–water partition coefficient (Wildman–Crippen LogP) is 1.14. The van der Waals surface area contributed by atoms with E-state index in [-0.39, 0.29) is 5.91 Å². The van der Waals surface area contributed by atoms with Gasteiger partial charge in [-0.05, 0) is 13.3 Å². The lowest BCUT2D eigenvalue weighted by Crippen LogP contribution is -2.22. The van der Waals surface area contributed by atoms with Crippen molar-refractivity contribution in [3.8, 4) is 0 Å². The monoisotopic (exact) mass is 195 g/mol. The number of aromatic nitrogens is 2. The standard InChI is InChI=1S/C10H17N3O/c1-4-5-10(14)11-6-9-7-12-13(3)8(9)2/h7H,4-6H2,1-3H3,(H,11,14). The number of hydrogen-bond donors (Lipinski definition) is 1. The van der Waals surface area contributed by atoms with Crippen LogP contribution in [-0.4, -0.2) is 15.7 Å². The summed E-state index contributed by atoms with van der Waals surface area (Å²) in [6.45, 7) is 4.57. The molecule has 0 aliphatic carbocycles. The lowest BCUT2D eigenvalue weighted by Gasteiger charge is -2.03. The molecule has 1 aromatic rings. The van der Waals surface area contributed by atoms with E-state index in [0.29, 0.717) is 13.0 Å². The number of amides is 1. The molecule has 0 spiro atoms. The van der Waals surface area contributed by atoms with Crippen molar-refractivity contribution in [3.05, 3.63) is 17.5 Å². The highest BCUT2D eigenvalue weighted by molar-refractivity contribution is 5.75. The molecular formula is C10H17N3O. The average molecular weight is 195 g/mol. The molecule has 0 saturated heterocycles. The normalized spacial score (nSPS) is 10.2. The van der Waals surface area contributed by atoms with E-state index >= 15 is 0 Å². The summed E-state index contributed by atoms with van der Waals surface area (Å²) in [5.74, 6) is 0.107. The summed E-state index contributed by atoms with van der Waals surface area (Å²) in [5.41, 5.74) is 2.18. The number of aryl methyl sites for hydroxylation is 1. The van der Waals surface area contributed by atoms with Crippen molar-refractivity contribution in [3.63, 3.8) is 0 Å². The van der Waals surface area contributed by atoms with Crippen molar-refractivity contribution in [1.82, 2.24) is 15.1 Å². The van der Waals surface area contributed by atoms with Crippen LogP contribution in [0.4, 0.5) is 0 Å². The Morgan fingerprint density at radius 3 is 2.86 bits per heavy atom. The molecule has 0 radical (unpaired) electrons. The van der Waals surface area contributed by atoms with Gasteiger partial charge in [-0.2, -0.15) is 5.10 Å². The second-order valence-corrected chi connectivity index (χ2v) is 3.41. The van der Waals surface area contributed by atoms with Gasteiger partial charge in [-0.1, -0.05) is 6.92 Å². The maximum absolute atomic E-state index is 11.2. The number of rotatable bonds is 4. The van der Waals surface area contributed by atoms with Crippen LogP contribution in [-0.2, 0) is 18.4 Å². The van der Waals surface area contributed by atoms with E-state index in [1.807, 2.05) is 20.9 Å². The van der Waals surface area contributed by atoms with Gasteiger partial charge in [0.2, 0.25) is 5.91 Å². The molecule has 4 nitrogen and oxygen atoms in total. The Hall–Kier alpha value is -1.32. The SMILES string of the molecule is CCCC(=O)NCc1cnn(C)c1C. The maximum atomic E-state index is 11.2. The van der Waals surface area contributed by atoms with Gasteiger partial charge in [-0.15, -0.1) is 0 Å². The van der Waals surface area contributed by atoms with Gasteiger partial charge in [0.25, 0.3) is 0 Å². The number of carbonyl (C=O) groups excluding carboxylic acids is 1. The van der Waals surface area contributed by atoms with Crippen LogP contribution in [0.1, 0.15) is 31.0 Å². The molecule has 1 aromatic heterocycles. The van der Waals surface area contributed by atoms with Crippen molar-refractivity contribution in [2.75, 3.05) is 0 Å². The van der Waals surface area contributed by atoms with Crippen LogP contribution in [0.3, 0.4) is 0 Å². The van der Waals surface area contributed by atoms with Crippen molar-refractivity contribution >= 4 is 5.91 Å². The van der Waals surface area contributed by atoms with E-state index in [1.165, 1.54) is 0 Å². The highest BCUT2D eigenvalue weighted by atomic mass is 16.1. The molecule has 0 bridgehead atoms. The summed E-state index contributed by atoms with van der Waals surface area (Å²) in [7, 11) is 1.90. The fourth-order valence-corrected chi connectivity index (χ4v) is 1.23. The van der Waals surface area contributed by atoms with Crippen LogP contribution in [0.25, 0.3) is 0 Å². The van der Waals surface area contributed by atoms with Gasteiger partial charge in [-0.25, -0.2) is 0 Å². The topological polar surface area (TPSA) is 46.9 Å². The molecule has 4 heteroatoms. The smallest absolute Gasteiger partial charge is 0.220 e. The predicted molar refractivity (Wildman–Crippen MR) is 54.7 cm³/mol. The highest BCUT2D eigenvalue weighted by Crippen LogP contribution is 2.04. The van der Waals surface area contributed by atoms with Gasteiger partial charge in [0, 0.05) is 31.3 Å². The molecule has 1 heterocycles. The summed E-state index contributed by atoms with van der Waals surface area (Å²) in [6.07, 6.45) is 3.28. The van der Waals surface area contributed by atoms with Gasteiger partial charge in [0.1, 0.15) is 0 Å². The van der Waals surface area contributed by atoms with Crippen molar-refractivity contribution < 1.29 is 4.79 Å². The van der Waals surface area contributed by atoms with E-state index in [4.69, 9.17) is 0 Å². The second-order valence-electron chi connectivity index (χ2n) is 3.41. The first-order chi connectivity index (χ1) is 6.65. The minimum atomic E-state index is 0.107. The summed E-state index contributed by atoms with van der Waals surface area (Å²) in [4.78, 5) is 11.2. The summed E-state index contributed by atoms with van der Waals surface area (Å²) in [6, 6.07) is 0. The molecule has 0 aliphatic rings. The van der Waals surface area contributed by atoms with Crippen molar-refractivity contribution in [2.24, 2.45) is 7.05 Å². The Balaban J connectivity index is 2.46. The molecule has 0 aromatic carbocycles. The van der Waals surface area contributed by atoms with E-state index in [2.05, 4.69) is 10.4 Å². The van der Waals surface area contributed by atoms with Crippen LogP contribution < -0.4 is 5.32 Å². The lowest BCUT2D eigenvalue weighted by atomic mass is 10.2. The maximum Gasteiger partial charge on any atom is 0.220 e. The van der Waals surface area contributed by atoms with E-state index < -0.39 is 0 Å². The number of hydrogen-bond acceptors (Lipinski definition) is 2. The zero-order valence-corrected chi connectivity index (χ0v) is 9.00. The zero-order valence-electron chi connectivity index (χ0n) is 9.00. The first-order valence-corrected chi connectivity index (χ1v) is 4.89. The molecule has 14 heavy (non-hydrogen) atoms.